The number of rotatable bonds is 5. The normalized spacial score (nSPS) is 10.5. The molecule has 0 aliphatic heterocycles. The second-order valence-corrected chi connectivity index (χ2v) is 6.40. The molecule has 0 saturated heterocycles. The highest BCUT2D eigenvalue weighted by molar-refractivity contribution is 6.36. The number of benzene rings is 2. The quantitative estimate of drug-likeness (QED) is 0.518. The van der Waals surface area contributed by atoms with Crippen molar-refractivity contribution >= 4 is 47.2 Å². The van der Waals surface area contributed by atoms with E-state index in [1.165, 1.54) is 5.56 Å². The van der Waals surface area contributed by atoms with Crippen LogP contribution in [0.3, 0.4) is 0 Å². The molecular formula is C18H15Cl4NO. The number of hydrogen-bond donors (Lipinski definition) is 1. The first-order valence-corrected chi connectivity index (χ1v) is 8.24. The van der Waals surface area contributed by atoms with E-state index in [4.69, 9.17) is 39.2 Å². The monoisotopic (exact) mass is 401 g/mol. The van der Waals surface area contributed by atoms with E-state index in [0.29, 0.717) is 16.6 Å². The minimum atomic E-state index is 0. The second kappa shape index (κ2) is 8.80. The van der Waals surface area contributed by atoms with Gasteiger partial charge in [0.2, 0.25) is 0 Å². The van der Waals surface area contributed by atoms with Crippen LogP contribution in [-0.4, -0.2) is 0 Å². The van der Waals surface area contributed by atoms with E-state index >= 15 is 0 Å². The first kappa shape index (κ1) is 19.2. The summed E-state index contributed by atoms with van der Waals surface area (Å²) in [5.74, 6) is 1.58. The Morgan fingerprint density at radius 2 is 1.50 bits per heavy atom. The number of nitrogens with one attached hydrogen (secondary N) is 1. The second-order valence-electron chi connectivity index (χ2n) is 5.12. The fourth-order valence-corrected chi connectivity index (χ4v) is 2.87. The molecule has 3 aromatic rings. The number of furan rings is 1. The van der Waals surface area contributed by atoms with Crippen molar-refractivity contribution in [3.8, 4) is 11.3 Å². The Bertz CT molecular complexity index is 799. The Balaban J connectivity index is 0.00000208. The number of halogens is 4. The van der Waals surface area contributed by atoms with Crippen LogP contribution in [0.15, 0.2) is 59.0 Å². The van der Waals surface area contributed by atoms with Gasteiger partial charge in [-0.1, -0.05) is 46.9 Å². The minimum Gasteiger partial charge on any atom is -0.460 e. The molecule has 0 saturated carbocycles. The highest BCUT2D eigenvalue weighted by Crippen LogP contribution is 2.31. The standard InChI is InChI=1S/C18H14Cl3NO.ClH/c19-13-3-1-12(2-4-13)10-22-11-15-6-8-18(23-15)16-7-5-14(20)9-17(16)21;/h1-9,22H,10-11H2;1H. The van der Waals surface area contributed by atoms with Gasteiger partial charge in [-0.25, -0.2) is 0 Å². The highest BCUT2D eigenvalue weighted by atomic mass is 35.5. The topological polar surface area (TPSA) is 25.2 Å². The lowest BCUT2D eigenvalue weighted by Gasteiger charge is -2.04. The van der Waals surface area contributed by atoms with Gasteiger partial charge in [-0.05, 0) is 48.0 Å². The van der Waals surface area contributed by atoms with Crippen molar-refractivity contribution < 1.29 is 4.42 Å². The summed E-state index contributed by atoms with van der Waals surface area (Å²) in [6, 6.07) is 17.0. The van der Waals surface area contributed by atoms with Crippen LogP contribution in [0, 0.1) is 0 Å². The summed E-state index contributed by atoms with van der Waals surface area (Å²) in [5, 5.41) is 5.26. The molecule has 126 valence electrons. The van der Waals surface area contributed by atoms with Crippen LogP contribution in [0.4, 0.5) is 0 Å². The fourth-order valence-electron chi connectivity index (χ4n) is 2.24. The van der Waals surface area contributed by atoms with Crippen LogP contribution < -0.4 is 5.32 Å². The molecule has 0 atom stereocenters. The predicted molar refractivity (Wildman–Crippen MR) is 103 cm³/mol. The molecule has 24 heavy (non-hydrogen) atoms. The molecule has 3 rings (SSSR count). The fraction of sp³-hybridized carbons (Fsp3) is 0.111. The average Bonchev–Trinajstić information content (AvgIpc) is 2.98. The van der Waals surface area contributed by atoms with E-state index in [2.05, 4.69) is 5.32 Å². The van der Waals surface area contributed by atoms with Crippen LogP contribution >= 0.6 is 47.2 Å². The van der Waals surface area contributed by atoms with Crippen LogP contribution in [0.25, 0.3) is 11.3 Å². The van der Waals surface area contributed by atoms with Gasteiger partial charge >= 0.3 is 0 Å². The van der Waals surface area contributed by atoms with Gasteiger partial charge in [-0.3, -0.25) is 0 Å². The third kappa shape index (κ3) is 4.92. The molecule has 6 heteroatoms. The summed E-state index contributed by atoms with van der Waals surface area (Å²) in [6.07, 6.45) is 0. The van der Waals surface area contributed by atoms with E-state index < -0.39 is 0 Å². The largest absolute Gasteiger partial charge is 0.460 e. The third-order valence-electron chi connectivity index (χ3n) is 3.40. The first-order chi connectivity index (χ1) is 11.1. The van der Waals surface area contributed by atoms with Gasteiger partial charge in [0.1, 0.15) is 11.5 Å². The zero-order valence-corrected chi connectivity index (χ0v) is 15.6. The third-order valence-corrected chi connectivity index (χ3v) is 4.20. The summed E-state index contributed by atoms with van der Waals surface area (Å²) < 4.78 is 5.84. The molecule has 1 N–H and O–H groups in total. The van der Waals surface area contributed by atoms with Gasteiger partial charge in [0.05, 0.1) is 11.6 Å². The van der Waals surface area contributed by atoms with Crippen LogP contribution in [0.1, 0.15) is 11.3 Å². The Morgan fingerprint density at radius 3 is 2.21 bits per heavy atom. The smallest absolute Gasteiger partial charge is 0.135 e. The maximum atomic E-state index is 6.20. The maximum Gasteiger partial charge on any atom is 0.135 e. The molecule has 0 radical (unpaired) electrons. The van der Waals surface area contributed by atoms with Gasteiger partial charge in [-0.15, -0.1) is 12.4 Å². The predicted octanol–water partition coefficient (Wildman–Crippen LogP) is 6.62. The van der Waals surface area contributed by atoms with Crippen molar-refractivity contribution in [2.75, 3.05) is 0 Å². The van der Waals surface area contributed by atoms with E-state index in [0.717, 1.165) is 28.7 Å². The van der Waals surface area contributed by atoms with Gasteiger partial charge in [-0.2, -0.15) is 0 Å². The van der Waals surface area contributed by atoms with E-state index in [-0.39, 0.29) is 12.4 Å². The summed E-state index contributed by atoms with van der Waals surface area (Å²) in [6.45, 7) is 1.38. The van der Waals surface area contributed by atoms with Crippen LogP contribution in [0.2, 0.25) is 15.1 Å². The molecule has 0 fully saturated rings. The Kier molecular flexibility index (Phi) is 7.02. The Labute approximate surface area is 162 Å². The summed E-state index contributed by atoms with van der Waals surface area (Å²) in [5.41, 5.74) is 2.00. The van der Waals surface area contributed by atoms with Crippen LogP contribution in [-0.2, 0) is 13.1 Å². The van der Waals surface area contributed by atoms with Crippen molar-refractivity contribution in [2.45, 2.75) is 13.1 Å². The van der Waals surface area contributed by atoms with E-state index in [9.17, 15) is 0 Å². The van der Waals surface area contributed by atoms with E-state index in [1.54, 1.807) is 12.1 Å². The zero-order valence-electron chi connectivity index (χ0n) is 12.6. The molecule has 0 unspecified atom stereocenters. The van der Waals surface area contributed by atoms with Crippen molar-refractivity contribution in [1.29, 1.82) is 0 Å². The van der Waals surface area contributed by atoms with Crippen molar-refractivity contribution in [3.63, 3.8) is 0 Å². The Hall–Kier alpha value is -1.16. The lowest BCUT2D eigenvalue weighted by Crippen LogP contribution is -2.11. The summed E-state index contributed by atoms with van der Waals surface area (Å²) >= 11 is 18.0. The highest BCUT2D eigenvalue weighted by Gasteiger charge is 2.09. The summed E-state index contributed by atoms with van der Waals surface area (Å²) in [7, 11) is 0. The molecule has 0 amide bonds. The SMILES string of the molecule is Cl.Clc1ccc(CNCc2ccc(-c3ccc(Cl)cc3Cl)o2)cc1. The van der Waals surface area contributed by atoms with Crippen molar-refractivity contribution in [3.05, 3.63) is 81.0 Å². The molecule has 1 heterocycles. The van der Waals surface area contributed by atoms with Gasteiger partial charge in [0, 0.05) is 22.2 Å². The molecular weight excluding hydrogens is 388 g/mol. The summed E-state index contributed by atoms with van der Waals surface area (Å²) in [4.78, 5) is 0. The van der Waals surface area contributed by atoms with Crippen LogP contribution in [0.5, 0.6) is 0 Å². The first-order valence-electron chi connectivity index (χ1n) is 7.11. The molecule has 0 aliphatic rings. The van der Waals surface area contributed by atoms with Crippen molar-refractivity contribution in [1.82, 2.24) is 5.32 Å². The molecule has 0 spiro atoms. The molecule has 1 aromatic heterocycles. The molecule has 2 aromatic carbocycles. The van der Waals surface area contributed by atoms with Crippen molar-refractivity contribution in [2.24, 2.45) is 0 Å². The lowest BCUT2D eigenvalue weighted by molar-refractivity contribution is 0.493. The molecule has 2 nitrogen and oxygen atoms in total. The average molecular weight is 403 g/mol. The number of hydrogen-bond acceptors (Lipinski definition) is 2. The molecule has 0 aliphatic carbocycles. The van der Waals surface area contributed by atoms with E-state index in [1.807, 2.05) is 42.5 Å². The molecule has 0 bridgehead atoms. The maximum absolute atomic E-state index is 6.20. The lowest BCUT2D eigenvalue weighted by atomic mass is 10.2. The van der Waals surface area contributed by atoms with Gasteiger partial charge in [0.25, 0.3) is 0 Å². The zero-order chi connectivity index (χ0) is 16.2. The van der Waals surface area contributed by atoms with Gasteiger partial charge in [0.15, 0.2) is 0 Å². The minimum absolute atomic E-state index is 0. The Morgan fingerprint density at radius 1 is 0.792 bits per heavy atom. The van der Waals surface area contributed by atoms with Gasteiger partial charge < -0.3 is 9.73 Å².